The van der Waals surface area contributed by atoms with Crippen molar-refractivity contribution in [2.45, 2.75) is 89.9 Å². The molecule has 0 saturated heterocycles. The number of carboxylic acids is 5. The van der Waals surface area contributed by atoms with Gasteiger partial charge in [-0.1, -0.05) is 188 Å². The molecule has 27 nitrogen and oxygen atoms in total. The highest BCUT2D eigenvalue weighted by Gasteiger charge is 2.33. The number of halogens is 4. The van der Waals surface area contributed by atoms with Crippen molar-refractivity contribution >= 4 is 80.0 Å². The van der Waals surface area contributed by atoms with Gasteiger partial charge < -0.3 is 35.4 Å². The van der Waals surface area contributed by atoms with Gasteiger partial charge in [-0.25, -0.2) is 83.6 Å². The van der Waals surface area contributed by atoms with Gasteiger partial charge >= 0.3 is 29.8 Å². The van der Waals surface area contributed by atoms with E-state index < -0.39 is 103 Å². The number of phenolic OH excluding ortho intramolecular Hbond substituents is 1. The van der Waals surface area contributed by atoms with Crippen molar-refractivity contribution in [1.82, 2.24) is 21.5 Å². The number of carbonyl (C=O) groups is 5. The number of methoxy groups -OCH3 is 1. The molecule has 0 bridgehead atoms. The van der Waals surface area contributed by atoms with Crippen LogP contribution >= 0.6 is 0 Å². The number of aromatic hydroxyl groups is 1. The molecule has 1 heterocycles. The van der Waals surface area contributed by atoms with Gasteiger partial charge in [0.05, 0.1) is 59.4 Å². The lowest BCUT2D eigenvalue weighted by atomic mass is 9.96. The van der Waals surface area contributed by atoms with Crippen LogP contribution in [0.2, 0.25) is 0 Å². The molecule has 142 heavy (non-hydrogen) atoms. The molecule has 0 fully saturated rings. The number of hydrogen-bond acceptors (Lipinski definition) is 17. The summed E-state index contributed by atoms with van der Waals surface area (Å²) in [6.45, 7) is 0.337. The van der Waals surface area contributed by atoms with E-state index in [1.165, 1.54) is 234 Å². The van der Waals surface area contributed by atoms with Crippen molar-refractivity contribution in [3.8, 4) is 22.6 Å². The number of sulfonamides is 5. The van der Waals surface area contributed by atoms with Crippen LogP contribution in [0.1, 0.15) is 107 Å². The number of benzene rings is 15. The van der Waals surface area contributed by atoms with Crippen LogP contribution in [-0.2, 0) is 116 Å². The second kappa shape index (κ2) is 47.9. The number of rotatable bonds is 32. The molecule has 1 aliphatic heterocycles. The first-order valence-electron chi connectivity index (χ1n) is 43.0. The third-order valence-corrected chi connectivity index (χ3v) is 31.0. The molecule has 730 valence electrons. The Morgan fingerprint density at radius 2 is 0.577 bits per heavy atom. The number of fused-ring (bicyclic) bond motifs is 3. The Morgan fingerprint density at radius 3 is 0.923 bits per heavy atom. The molecule has 15 aromatic rings. The van der Waals surface area contributed by atoms with E-state index in [9.17, 15) is 88.7 Å². The van der Waals surface area contributed by atoms with Crippen LogP contribution in [0, 0.1) is 23.3 Å². The molecule has 0 amide bonds. The van der Waals surface area contributed by atoms with Crippen LogP contribution in [0.25, 0.3) is 11.1 Å². The predicted octanol–water partition coefficient (Wildman–Crippen LogP) is 19.1. The van der Waals surface area contributed by atoms with Gasteiger partial charge in [0, 0.05) is 71.0 Å². The fraction of sp³-hybridized carbons (Fsp3) is 0.104. The van der Waals surface area contributed by atoms with Crippen LogP contribution in [0.4, 0.5) is 17.6 Å². The summed E-state index contributed by atoms with van der Waals surface area (Å²) in [7, 11) is -17.7. The van der Waals surface area contributed by atoms with Gasteiger partial charge in [-0.05, 0) is 249 Å². The Morgan fingerprint density at radius 1 is 0.282 bits per heavy atom. The van der Waals surface area contributed by atoms with E-state index >= 15 is 0 Å². The van der Waals surface area contributed by atoms with Crippen LogP contribution in [0.15, 0.2) is 401 Å². The summed E-state index contributed by atoms with van der Waals surface area (Å²) in [4.78, 5) is 55.6. The minimum atomic E-state index is -3.94. The van der Waals surface area contributed by atoms with Crippen LogP contribution in [-0.4, -0.2) is 131 Å². The van der Waals surface area contributed by atoms with E-state index in [0.29, 0.717) is 44.7 Å². The number of carboxylic acid groups (broad SMARTS) is 5. The smallest absolute Gasteiger partial charge is 0.335 e. The van der Waals surface area contributed by atoms with Gasteiger partial charge in [-0.15, -0.1) is 0 Å². The zero-order valence-electron chi connectivity index (χ0n) is 75.4. The normalized spacial score (nSPS) is 12.0. The SMILES string of the molecule is COc1ccc2c(c1)-c1ccccc1CN(S(=O)(=O)c1ccc(C(=O)O)cc1)C2.O=C(O)c1ccc(CN(Cc2ccc(F)cc2)S(=O)(=O)c2ccc(O)cc2)cc1.O=C(O)c1ccc(CN(Cc2ccc(F)cc2)S(=O)(=O)c2ccccc2)cc1.O=C(O)c1ccc(CN(Cc2cccc(F)c2)S(=O)(=O)c2ccccc2)cc1.O=C(O)c1ccc(CN(Cc2ccccc2F)S(=O)(=O)c2ccccc2)cc1. The zero-order valence-corrected chi connectivity index (χ0v) is 79.5. The zero-order chi connectivity index (χ0) is 102. The highest BCUT2D eigenvalue weighted by molar-refractivity contribution is 7.90. The Kier molecular flexibility index (Phi) is 35.6. The van der Waals surface area contributed by atoms with E-state index in [1.807, 2.05) is 42.5 Å². The molecular formula is C106H91F4N5O22S5. The maximum absolute atomic E-state index is 14.1. The second-order valence-electron chi connectivity index (χ2n) is 31.8. The number of hydrogen-bond donors (Lipinski definition) is 6. The molecule has 15 aromatic carbocycles. The average Bonchev–Trinajstić information content (AvgIpc) is 1.71. The van der Waals surface area contributed by atoms with Crippen molar-refractivity contribution in [2.75, 3.05) is 7.11 Å². The average molecular weight is 2020 g/mol. The number of ether oxygens (including phenoxy) is 1. The topological polar surface area (TPSA) is 403 Å². The molecule has 0 atom stereocenters. The standard InChI is InChI=1S/C22H19NO5S.C21H18FNO5S.3C21H18FNO4S/c1-28-18-9-6-17-14-23(13-16-4-2-3-5-20(16)21(17)12-18)29(26,27)19-10-7-15(8-11-19)22(24)25;22-18-7-3-16(4-8-18)14-23(13-15-1-5-17(6-2-15)21(25)26)29(27,28)20-11-9-19(24)10-12-20;22-19-6-4-5-17(13-19)15-23(28(26,27)20-7-2-1-3-8-20)14-16-9-11-18(12-10-16)21(24)25;22-20-9-5-4-6-18(20)15-23(28(26,27)19-7-2-1-3-8-19)14-16-10-12-17(13-11-16)21(24)25;22-19-12-8-17(9-13-19)15-23(28(26,27)20-4-2-1-3-5-20)14-16-6-10-18(11-7-16)21(24)25/h2-12H,13-14H2,1H3,(H,24,25);1-12,24H,13-14H2,(H,25,26);3*1-13H,14-15H2,(H,24,25). The summed E-state index contributed by atoms with van der Waals surface area (Å²) in [5.74, 6) is -6.44. The Bertz CT molecular complexity index is 7560. The molecule has 0 saturated carbocycles. The summed E-state index contributed by atoms with van der Waals surface area (Å²) in [5.41, 5.74) is 8.65. The Hall–Kier alpha value is -15.5. The molecule has 0 aromatic heterocycles. The summed E-state index contributed by atoms with van der Waals surface area (Å²) in [6, 6.07) is 94.5. The van der Waals surface area contributed by atoms with Crippen LogP contribution in [0.3, 0.4) is 0 Å². The third kappa shape index (κ3) is 28.2. The first-order valence-corrected chi connectivity index (χ1v) is 50.2. The summed E-state index contributed by atoms with van der Waals surface area (Å²) in [5, 5.41) is 54.6. The van der Waals surface area contributed by atoms with E-state index in [0.717, 1.165) is 22.3 Å². The molecule has 16 rings (SSSR count). The number of phenols is 1. The fourth-order valence-corrected chi connectivity index (χ4v) is 21.6. The van der Waals surface area contributed by atoms with E-state index in [1.54, 1.807) is 128 Å². The Balaban J connectivity index is 0.000000159. The van der Waals surface area contributed by atoms with Gasteiger partial charge in [0.2, 0.25) is 50.1 Å². The summed E-state index contributed by atoms with van der Waals surface area (Å²) < 4.78 is 198. The minimum absolute atomic E-state index is 0.000400. The molecule has 1 aliphatic rings. The third-order valence-electron chi connectivity index (χ3n) is 22.0. The quantitative estimate of drug-likeness (QED) is 0.0213. The molecule has 0 aliphatic carbocycles. The number of aromatic carboxylic acids is 5. The van der Waals surface area contributed by atoms with Crippen LogP contribution in [0.5, 0.6) is 11.5 Å². The van der Waals surface area contributed by atoms with E-state index in [4.69, 9.17) is 30.3 Å². The van der Waals surface area contributed by atoms with Crippen molar-refractivity contribution in [3.63, 3.8) is 0 Å². The lowest BCUT2D eigenvalue weighted by Gasteiger charge is -2.23. The highest BCUT2D eigenvalue weighted by Crippen LogP contribution is 2.38. The fourth-order valence-electron chi connectivity index (χ4n) is 14.5. The van der Waals surface area contributed by atoms with Crippen molar-refractivity contribution < 1.29 is 119 Å². The molecule has 0 radical (unpaired) electrons. The lowest BCUT2D eigenvalue weighted by Crippen LogP contribution is -2.30. The number of nitrogens with zero attached hydrogens (tertiary/aromatic N) is 5. The van der Waals surface area contributed by atoms with Crippen LogP contribution < -0.4 is 4.74 Å². The lowest BCUT2D eigenvalue weighted by molar-refractivity contribution is 0.0686. The maximum atomic E-state index is 14.1. The van der Waals surface area contributed by atoms with E-state index in [2.05, 4.69) is 0 Å². The first-order chi connectivity index (χ1) is 67.7. The largest absolute Gasteiger partial charge is 0.508 e. The van der Waals surface area contributed by atoms with Crippen molar-refractivity contribution in [2.24, 2.45) is 0 Å². The first kappa shape index (κ1) is 105. The maximum Gasteiger partial charge on any atom is 0.335 e. The molecular weight excluding hydrogens is 1930 g/mol. The molecule has 36 heteroatoms. The molecule has 0 spiro atoms. The molecule has 6 N–H and O–H groups in total. The second-order valence-corrected chi connectivity index (χ2v) is 41.5. The highest BCUT2D eigenvalue weighted by atomic mass is 32.2. The van der Waals surface area contributed by atoms with Gasteiger partial charge in [-0.2, -0.15) is 21.5 Å². The Labute approximate surface area is 817 Å². The van der Waals surface area contributed by atoms with Gasteiger partial charge in [0.15, 0.2) is 0 Å². The minimum Gasteiger partial charge on any atom is -0.508 e. The summed E-state index contributed by atoms with van der Waals surface area (Å²) >= 11 is 0. The summed E-state index contributed by atoms with van der Waals surface area (Å²) in [6.07, 6.45) is 0. The van der Waals surface area contributed by atoms with Gasteiger partial charge in [-0.3, -0.25) is 0 Å². The van der Waals surface area contributed by atoms with Gasteiger partial charge in [0.1, 0.15) is 34.8 Å². The molecule has 0 unspecified atom stereocenters. The monoisotopic (exact) mass is 2020 g/mol. The predicted molar refractivity (Wildman–Crippen MR) is 521 cm³/mol. The van der Waals surface area contributed by atoms with Crippen molar-refractivity contribution in [1.29, 1.82) is 0 Å². The van der Waals surface area contributed by atoms with Gasteiger partial charge in [0.25, 0.3) is 0 Å². The van der Waals surface area contributed by atoms with E-state index in [-0.39, 0.29) is 129 Å². The van der Waals surface area contributed by atoms with Crippen molar-refractivity contribution in [3.05, 3.63) is 483 Å².